The standard InChI is InChI=1S/C31H32N2O7/c1-20-18-32-30(36)33(29(20)35)28-17-26(34)27(40-28)19-39-31(21-7-5-4-6-8-21,22-9-13-24(37-2)14-10-22)23-11-15-25(38-3)16-12-23/h4-16,18,26-28,34H,17,19H2,1-3H3,(H,32,36)/t26-,27-,28-/m1/s1. The third-order valence-electron chi connectivity index (χ3n) is 7.32. The van der Waals surface area contributed by atoms with Crippen molar-refractivity contribution in [2.75, 3.05) is 20.8 Å². The summed E-state index contributed by atoms with van der Waals surface area (Å²) in [5.74, 6) is 1.40. The SMILES string of the molecule is COc1ccc(C(OC[C@H]2O[C@@H](n3c(=O)[nH]cc(C)c3=O)C[C@H]2O)(c2ccccc2)c2ccc(OC)cc2)cc1. The van der Waals surface area contributed by atoms with Gasteiger partial charge in [0.1, 0.15) is 29.4 Å². The first-order valence-electron chi connectivity index (χ1n) is 13.0. The van der Waals surface area contributed by atoms with E-state index in [1.54, 1.807) is 21.1 Å². The number of aliphatic hydroxyl groups is 1. The number of benzene rings is 3. The van der Waals surface area contributed by atoms with Gasteiger partial charge in [-0.15, -0.1) is 0 Å². The summed E-state index contributed by atoms with van der Waals surface area (Å²) in [6.45, 7) is 1.59. The molecule has 2 heterocycles. The van der Waals surface area contributed by atoms with Crippen LogP contribution in [0.2, 0.25) is 0 Å². The maximum atomic E-state index is 12.7. The van der Waals surface area contributed by atoms with Gasteiger partial charge in [-0.2, -0.15) is 0 Å². The molecule has 1 aliphatic rings. The van der Waals surface area contributed by atoms with E-state index in [4.69, 9.17) is 18.9 Å². The summed E-state index contributed by atoms with van der Waals surface area (Å²) < 4.78 is 24.7. The zero-order valence-corrected chi connectivity index (χ0v) is 22.6. The molecule has 4 aromatic rings. The molecule has 2 N–H and O–H groups in total. The van der Waals surface area contributed by atoms with Crippen LogP contribution in [0.4, 0.5) is 0 Å². The molecule has 5 rings (SSSR count). The molecule has 0 amide bonds. The number of nitrogens with zero attached hydrogens (tertiary/aromatic N) is 1. The molecule has 0 spiro atoms. The van der Waals surface area contributed by atoms with Gasteiger partial charge in [0.05, 0.1) is 26.9 Å². The molecule has 0 unspecified atom stereocenters. The van der Waals surface area contributed by atoms with Crippen molar-refractivity contribution in [1.29, 1.82) is 0 Å². The van der Waals surface area contributed by atoms with Gasteiger partial charge in [-0.25, -0.2) is 9.36 Å². The first-order valence-corrected chi connectivity index (χ1v) is 13.0. The highest BCUT2D eigenvalue weighted by molar-refractivity contribution is 5.49. The van der Waals surface area contributed by atoms with E-state index < -0.39 is 35.3 Å². The molecule has 0 radical (unpaired) electrons. The van der Waals surface area contributed by atoms with Gasteiger partial charge in [0.25, 0.3) is 5.56 Å². The van der Waals surface area contributed by atoms with E-state index in [9.17, 15) is 14.7 Å². The minimum atomic E-state index is -1.10. The summed E-state index contributed by atoms with van der Waals surface area (Å²) in [6, 6.07) is 25.0. The van der Waals surface area contributed by atoms with Crippen molar-refractivity contribution >= 4 is 0 Å². The topological polar surface area (TPSA) is 112 Å². The number of aliphatic hydroxyl groups excluding tert-OH is 1. The van der Waals surface area contributed by atoms with Crippen molar-refractivity contribution < 1.29 is 24.1 Å². The van der Waals surface area contributed by atoms with Crippen LogP contribution < -0.4 is 20.7 Å². The molecule has 1 saturated heterocycles. The van der Waals surface area contributed by atoms with Gasteiger partial charge in [-0.1, -0.05) is 54.6 Å². The average molecular weight is 545 g/mol. The number of aromatic nitrogens is 2. The van der Waals surface area contributed by atoms with Crippen molar-refractivity contribution in [3.63, 3.8) is 0 Å². The van der Waals surface area contributed by atoms with Gasteiger partial charge in [0.2, 0.25) is 0 Å². The van der Waals surface area contributed by atoms with E-state index in [1.165, 1.54) is 6.20 Å². The molecular formula is C31H32N2O7. The first kappa shape index (κ1) is 27.4. The summed E-state index contributed by atoms with van der Waals surface area (Å²) >= 11 is 0. The summed E-state index contributed by atoms with van der Waals surface area (Å²) in [6.07, 6.45) is -1.24. The van der Waals surface area contributed by atoms with Crippen LogP contribution in [0.15, 0.2) is 94.6 Å². The Hall–Kier alpha value is -4.18. The van der Waals surface area contributed by atoms with E-state index in [0.717, 1.165) is 21.3 Å². The summed E-state index contributed by atoms with van der Waals surface area (Å²) in [5, 5.41) is 11.0. The fourth-order valence-electron chi connectivity index (χ4n) is 5.15. The molecule has 9 heteroatoms. The Labute approximate surface area is 231 Å². The van der Waals surface area contributed by atoms with Crippen LogP contribution in [-0.2, 0) is 15.1 Å². The minimum Gasteiger partial charge on any atom is -0.497 e. The molecule has 0 aliphatic carbocycles. The van der Waals surface area contributed by atoms with Crippen LogP contribution >= 0.6 is 0 Å². The molecule has 1 fully saturated rings. The highest BCUT2D eigenvalue weighted by Crippen LogP contribution is 2.42. The molecule has 1 aliphatic heterocycles. The molecule has 9 nitrogen and oxygen atoms in total. The van der Waals surface area contributed by atoms with Crippen LogP contribution in [0.3, 0.4) is 0 Å². The van der Waals surface area contributed by atoms with Gasteiger partial charge in [-0.05, 0) is 47.9 Å². The van der Waals surface area contributed by atoms with Crippen molar-refractivity contribution in [2.45, 2.75) is 37.4 Å². The second kappa shape index (κ2) is 11.5. The van der Waals surface area contributed by atoms with E-state index in [-0.39, 0.29) is 13.0 Å². The van der Waals surface area contributed by atoms with E-state index in [0.29, 0.717) is 17.1 Å². The Balaban J connectivity index is 1.55. The normalized spacial score (nSPS) is 18.9. The summed E-state index contributed by atoms with van der Waals surface area (Å²) in [5.41, 5.74) is 0.751. The molecule has 0 saturated carbocycles. The number of aryl methyl sites for hydroxylation is 1. The lowest BCUT2D eigenvalue weighted by Crippen LogP contribution is -2.39. The largest absolute Gasteiger partial charge is 0.497 e. The van der Waals surface area contributed by atoms with Crippen molar-refractivity contribution in [1.82, 2.24) is 9.55 Å². The van der Waals surface area contributed by atoms with E-state index >= 15 is 0 Å². The maximum absolute atomic E-state index is 12.7. The fraction of sp³-hybridized carbons (Fsp3) is 0.290. The Bertz CT molecular complexity index is 1500. The Morgan fingerprint density at radius 1 is 0.900 bits per heavy atom. The summed E-state index contributed by atoms with van der Waals surface area (Å²) in [7, 11) is 3.22. The molecule has 1 aromatic heterocycles. The Morgan fingerprint density at radius 2 is 1.45 bits per heavy atom. The molecule has 208 valence electrons. The Morgan fingerprint density at radius 3 is 2.00 bits per heavy atom. The predicted octanol–water partition coefficient (Wildman–Crippen LogP) is 3.52. The predicted molar refractivity (Wildman–Crippen MR) is 149 cm³/mol. The smallest absolute Gasteiger partial charge is 0.330 e. The number of methoxy groups -OCH3 is 2. The van der Waals surface area contributed by atoms with E-state index in [1.807, 2.05) is 78.9 Å². The fourth-order valence-corrected chi connectivity index (χ4v) is 5.15. The number of aromatic amines is 1. The lowest BCUT2D eigenvalue weighted by molar-refractivity contribution is -0.0949. The third kappa shape index (κ3) is 5.06. The number of H-pyrrole nitrogens is 1. The number of ether oxygens (including phenoxy) is 4. The molecular weight excluding hydrogens is 512 g/mol. The second-order valence-corrected chi connectivity index (χ2v) is 9.70. The van der Waals surface area contributed by atoms with Crippen molar-refractivity contribution in [2.24, 2.45) is 0 Å². The van der Waals surface area contributed by atoms with Gasteiger partial charge in [-0.3, -0.25) is 4.79 Å². The van der Waals surface area contributed by atoms with Crippen LogP contribution in [0.1, 0.15) is 34.9 Å². The highest BCUT2D eigenvalue weighted by atomic mass is 16.6. The molecule has 3 atom stereocenters. The van der Waals surface area contributed by atoms with E-state index in [2.05, 4.69) is 4.98 Å². The number of nitrogens with one attached hydrogen (secondary N) is 1. The third-order valence-corrected chi connectivity index (χ3v) is 7.32. The van der Waals surface area contributed by atoms with Gasteiger partial charge < -0.3 is 29.0 Å². The minimum absolute atomic E-state index is 0.0247. The summed E-state index contributed by atoms with van der Waals surface area (Å²) in [4.78, 5) is 27.7. The lowest BCUT2D eigenvalue weighted by Gasteiger charge is -2.37. The monoisotopic (exact) mass is 544 g/mol. The zero-order chi connectivity index (χ0) is 28.3. The maximum Gasteiger partial charge on any atom is 0.330 e. The second-order valence-electron chi connectivity index (χ2n) is 9.70. The lowest BCUT2D eigenvalue weighted by atomic mass is 9.80. The molecule has 3 aromatic carbocycles. The van der Waals surface area contributed by atoms with Crippen LogP contribution in [-0.4, -0.2) is 47.7 Å². The van der Waals surface area contributed by atoms with Gasteiger partial charge in [0.15, 0.2) is 0 Å². The molecule has 40 heavy (non-hydrogen) atoms. The van der Waals surface area contributed by atoms with Crippen molar-refractivity contribution in [3.8, 4) is 11.5 Å². The van der Waals surface area contributed by atoms with Crippen molar-refractivity contribution in [3.05, 3.63) is 128 Å². The van der Waals surface area contributed by atoms with Gasteiger partial charge >= 0.3 is 5.69 Å². The highest BCUT2D eigenvalue weighted by Gasteiger charge is 2.42. The quantitative estimate of drug-likeness (QED) is 0.310. The van der Waals surface area contributed by atoms with Crippen LogP contribution in [0.5, 0.6) is 11.5 Å². The van der Waals surface area contributed by atoms with Gasteiger partial charge in [0, 0.05) is 18.2 Å². The number of hydrogen-bond donors (Lipinski definition) is 2. The average Bonchev–Trinajstić information content (AvgIpc) is 3.36. The number of rotatable bonds is 9. The Kier molecular flexibility index (Phi) is 7.88. The first-order chi connectivity index (χ1) is 19.4. The number of hydrogen-bond acceptors (Lipinski definition) is 7. The zero-order valence-electron chi connectivity index (χ0n) is 22.6. The van der Waals surface area contributed by atoms with Crippen LogP contribution in [0.25, 0.3) is 0 Å². The van der Waals surface area contributed by atoms with Crippen LogP contribution in [0, 0.1) is 6.92 Å². The molecule has 0 bridgehead atoms.